The third kappa shape index (κ3) is 1.92. The van der Waals surface area contributed by atoms with Gasteiger partial charge < -0.3 is 5.11 Å². The molecule has 1 heteroatoms. The zero-order valence-electron chi connectivity index (χ0n) is 14.1. The van der Waals surface area contributed by atoms with Crippen molar-refractivity contribution in [2.75, 3.05) is 0 Å². The molecular formula is C20H34O. The van der Waals surface area contributed by atoms with Gasteiger partial charge in [-0.1, -0.05) is 33.1 Å². The molecule has 4 saturated carbocycles. The Kier molecular flexibility index (Phi) is 3.45. The fraction of sp³-hybridized carbons (Fsp3) is 1.00. The van der Waals surface area contributed by atoms with Crippen LogP contribution in [0.25, 0.3) is 0 Å². The van der Waals surface area contributed by atoms with E-state index in [4.69, 9.17) is 0 Å². The first-order chi connectivity index (χ1) is 10.1. The first-order valence-corrected chi connectivity index (χ1v) is 9.82. The maximum absolute atomic E-state index is 11.4. The van der Waals surface area contributed by atoms with Crippen LogP contribution in [-0.2, 0) is 0 Å². The molecule has 0 radical (unpaired) electrons. The molecule has 0 bridgehead atoms. The zero-order chi connectivity index (χ0) is 14.7. The van der Waals surface area contributed by atoms with Crippen LogP contribution in [0.3, 0.4) is 0 Å². The normalized spacial score (nSPS) is 56.4. The van der Waals surface area contributed by atoms with Crippen molar-refractivity contribution in [2.24, 2.45) is 35.0 Å². The van der Waals surface area contributed by atoms with Crippen molar-refractivity contribution in [2.45, 2.75) is 90.1 Å². The van der Waals surface area contributed by atoms with E-state index < -0.39 is 0 Å². The van der Waals surface area contributed by atoms with Crippen molar-refractivity contribution < 1.29 is 5.11 Å². The molecule has 4 aliphatic rings. The Balaban J connectivity index is 1.62. The molecule has 1 N–H and O–H groups in total. The summed E-state index contributed by atoms with van der Waals surface area (Å²) in [6.45, 7) is 4.92. The summed E-state index contributed by atoms with van der Waals surface area (Å²) < 4.78 is 0. The molecule has 7 atom stereocenters. The summed E-state index contributed by atoms with van der Waals surface area (Å²) in [5.74, 6) is 4.01. The van der Waals surface area contributed by atoms with Gasteiger partial charge >= 0.3 is 0 Å². The average Bonchev–Trinajstić information content (AvgIpc) is 2.83. The number of hydrogen-bond donors (Lipinski definition) is 1. The zero-order valence-corrected chi connectivity index (χ0v) is 14.1. The number of aliphatic hydroxyl groups is 1. The minimum absolute atomic E-state index is 0.284. The Morgan fingerprint density at radius 2 is 1.76 bits per heavy atom. The summed E-state index contributed by atoms with van der Waals surface area (Å²) in [6.07, 6.45) is 15.0. The fourth-order valence-corrected chi connectivity index (χ4v) is 7.60. The summed E-state index contributed by atoms with van der Waals surface area (Å²) in [5.41, 5.74) is 0.334. The molecule has 4 rings (SSSR count). The van der Waals surface area contributed by atoms with Crippen LogP contribution >= 0.6 is 0 Å². The van der Waals surface area contributed by atoms with E-state index in [9.17, 15) is 5.11 Å². The summed E-state index contributed by atoms with van der Waals surface area (Å²) in [5, 5.41) is 11.4. The molecule has 21 heavy (non-hydrogen) atoms. The van der Waals surface area contributed by atoms with Crippen LogP contribution in [0.5, 0.6) is 0 Å². The Labute approximate surface area is 130 Å². The number of fused-ring (bicyclic) bond motifs is 5. The van der Waals surface area contributed by atoms with Gasteiger partial charge in [-0.2, -0.15) is 0 Å². The monoisotopic (exact) mass is 290 g/mol. The maximum atomic E-state index is 11.4. The van der Waals surface area contributed by atoms with Gasteiger partial charge in [-0.05, 0) is 86.4 Å². The van der Waals surface area contributed by atoms with E-state index in [1.165, 1.54) is 64.2 Å². The minimum Gasteiger partial charge on any atom is -0.389 e. The Morgan fingerprint density at radius 1 is 0.905 bits per heavy atom. The molecular weight excluding hydrogens is 256 g/mol. The average molecular weight is 290 g/mol. The van der Waals surface area contributed by atoms with Crippen LogP contribution in [0.2, 0.25) is 0 Å². The number of rotatable bonds is 1. The lowest BCUT2D eigenvalue weighted by Crippen LogP contribution is -2.56. The van der Waals surface area contributed by atoms with Crippen LogP contribution < -0.4 is 0 Å². The topological polar surface area (TPSA) is 20.2 Å². The Bertz CT molecular complexity index is 405. The second-order valence-corrected chi connectivity index (χ2v) is 9.12. The first-order valence-electron chi connectivity index (χ1n) is 9.82. The van der Waals surface area contributed by atoms with E-state index >= 15 is 0 Å². The molecule has 0 aromatic rings. The van der Waals surface area contributed by atoms with Gasteiger partial charge in [-0.15, -0.1) is 0 Å². The van der Waals surface area contributed by atoms with Crippen LogP contribution in [-0.4, -0.2) is 10.7 Å². The van der Waals surface area contributed by atoms with E-state index in [0.717, 1.165) is 24.2 Å². The summed E-state index contributed by atoms with van der Waals surface area (Å²) in [6, 6.07) is 0. The van der Waals surface area contributed by atoms with Gasteiger partial charge in [0.05, 0.1) is 5.60 Å². The van der Waals surface area contributed by atoms with Gasteiger partial charge in [0.2, 0.25) is 0 Å². The molecule has 120 valence electrons. The Hall–Kier alpha value is -0.0400. The van der Waals surface area contributed by atoms with Crippen LogP contribution in [0, 0.1) is 35.0 Å². The minimum atomic E-state index is -0.284. The van der Waals surface area contributed by atoms with Gasteiger partial charge in [0, 0.05) is 0 Å². The van der Waals surface area contributed by atoms with Crippen molar-refractivity contribution in [1.82, 2.24) is 0 Å². The molecule has 0 aromatic heterocycles. The van der Waals surface area contributed by atoms with Crippen molar-refractivity contribution in [3.63, 3.8) is 0 Å². The lowest BCUT2D eigenvalue weighted by atomic mass is 9.46. The molecule has 4 aliphatic carbocycles. The summed E-state index contributed by atoms with van der Waals surface area (Å²) in [7, 11) is 0. The van der Waals surface area contributed by atoms with Crippen molar-refractivity contribution in [1.29, 1.82) is 0 Å². The highest BCUT2D eigenvalue weighted by atomic mass is 16.3. The smallest absolute Gasteiger partial charge is 0.0706 e. The van der Waals surface area contributed by atoms with Crippen molar-refractivity contribution >= 4 is 0 Å². The van der Waals surface area contributed by atoms with E-state index in [1.54, 1.807) is 0 Å². The van der Waals surface area contributed by atoms with Gasteiger partial charge in [0.25, 0.3) is 0 Å². The predicted molar refractivity (Wildman–Crippen MR) is 87.0 cm³/mol. The largest absolute Gasteiger partial charge is 0.389 e. The molecule has 4 fully saturated rings. The molecule has 0 heterocycles. The lowest BCUT2D eigenvalue weighted by Gasteiger charge is -2.60. The summed E-state index contributed by atoms with van der Waals surface area (Å²) >= 11 is 0. The van der Waals surface area contributed by atoms with E-state index in [2.05, 4.69) is 13.8 Å². The van der Waals surface area contributed by atoms with Gasteiger partial charge in [0.15, 0.2) is 0 Å². The highest BCUT2D eigenvalue weighted by molar-refractivity contribution is 5.10. The third-order valence-corrected chi connectivity index (χ3v) is 8.70. The van der Waals surface area contributed by atoms with Crippen LogP contribution in [0.1, 0.15) is 84.5 Å². The first kappa shape index (κ1) is 14.5. The Morgan fingerprint density at radius 3 is 2.57 bits per heavy atom. The van der Waals surface area contributed by atoms with Crippen molar-refractivity contribution in [3.8, 4) is 0 Å². The van der Waals surface area contributed by atoms with Crippen LogP contribution in [0.15, 0.2) is 0 Å². The second kappa shape index (κ2) is 4.98. The SMILES string of the molecule is CCC1CCC2C3CCC4CCCCC4(C)C3CCC12O. The standard InChI is InChI=1S/C20H34O/c1-3-14-8-10-18-16-9-7-15-6-4-5-12-19(15,2)17(16)11-13-20(14,18)21/h14-18,21H,3-13H2,1-2H3. The lowest BCUT2D eigenvalue weighted by molar-refractivity contribution is -0.155. The molecule has 0 amide bonds. The summed E-state index contributed by atoms with van der Waals surface area (Å²) in [4.78, 5) is 0. The van der Waals surface area contributed by atoms with Gasteiger partial charge in [0.1, 0.15) is 0 Å². The van der Waals surface area contributed by atoms with Crippen molar-refractivity contribution in [3.05, 3.63) is 0 Å². The molecule has 0 aromatic carbocycles. The fourth-order valence-electron chi connectivity index (χ4n) is 7.60. The van der Waals surface area contributed by atoms with E-state index in [1.807, 2.05) is 0 Å². The van der Waals surface area contributed by atoms with Gasteiger partial charge in [-0.25, -0.2) is 0 Å². The van der Waals surface area contributed by atoms with Gasteiger partial charge in [-0.3, -0.25) is 0 Å². The number of hydrogen-bond acceptors (Lipinski definition) is 1. The predicted octanol–water partition coefficient (Wildman–Crippen LogP) is 5.17. The highest BCUT2D eigenvalue weighted by Crippen LogP contribution is 2.65. The third-order valence-electron chi connectivity index (χ3n) is 8.70. The molecule has 0 aliphatic heterocycles. The maximum Gasteiger partial charge on any atom is 0.0706 e. The molecule has 0 spiro atoms. The quantitative estimate of drug-likeness (QED) is 0.706. The van der Waals surface area contributed by atoms with E-state index in [0.29, 0.717) is 17.3 Å². The second-order valence-electron chi connectivity index (χ2n) is 9.12. The molecule has 1 nitrogen and oxygen atoms in total. The van der Waals surface area contributed by atoms with Crippen LogP contribution in [0.4, 0.5) is 0 Å². The molecule has 7 unspecified atom stereocenters. The highest BCUT2D eigenvalue weighted by Gasteiger charge is 2.60. The molecule has 0 saturated heterocycles. The van der Waals surface area contributed by atoms with E-state index in [-0.39, 0.29) is 5.60 Å².